The van der Waals surface area contributed by atoms with Gasteiger partial charge in [0.15, 0.2) is 12.4 Å². The molecule has 0 bridgehead atoms. The molecule has 1 amide bonds. The molecular weight excluding hydrogens is 336 g/mol. The monoisotopic (exact) mass is 350 g/mol. The van der Waals surface area contributed by atoms with Crippen LogP contribution in [0.3, 0.4) is 0 Å². The number of rotatable bonds is 3. The Labute approximate surface area is 147 Å². The number of ketones is 2. The van der Waals surface area contributed by atoms with Crippen molar-refractivity contribution in [1.29, 1.82) is 0 Å². The molecule has 8 nitrogen and oxygen atoms in total. The van der Waals surface area contributed by atoms with Gasteiger partial charge in [0.1, 0.15) is 11.7 Å². The molecule has 130 valence electrons. The molecule has 1 N–H and O–H groups in total. The van der Waals surface area contributed by atoms with E-state index < -0.39 is 29.4 Å². The second-order valence-electron chi connectivity index (χ2n) is 6.17. The highest BCUT2D eigenvalue weighted by Crippen LogP contribution is 2.40. The van der Waals surface area contributed by atoms with E-state index in [1.54, 1.807) is 18.2 Å². The predicted molar refractivity (Wildman–Crippen MR) is 90.9 cm³/mol. The van der Waals surface area contributed by atoms with E-state index in [0.29, 0.717) is 21.5 Å². The number of carbonyl (C=O) groups is 3. The van der Waals surface area contributed by atoms with Crippen molar-refractivity contribution in [1.82, 2.24) is 9.97 Å². The number of imidazole rings is 1. The first kappa shape index (κ1) is 15.9. The second kappa shape index (κ2) is 5.76. The predicted octanol–water partition coefficient (Wildman–Crippen LogP) is 1.06. The van der Waals surface area contributed by atoms with Crippen LogP contribution in [0, 0.1) is 11.1 Å². The standard InChI is InChI=1S/C18H14N4O4/c1-10(23)15-16(11-4-6-21(26)7-5-11)22(18(25)17(15)24)12-2-3-13-14(8-12)20-9-19-13/h2-9,15-16H,1H3,(H,19,20). The number of nitrogens with one attached hydrogen (secondary N) is 1. The van der Waals surface area contributed by atoms with Gasteiger partial charge in [0.05, 0.1) is 23.4 Å². The first-order valence-electron chi connectivity index (χ1n) is 7.97. The number of H-pyrrole nitrogens is 1. The first-order valence-corrected chi connectivity index (χ1v) is 7.97. The largest absolute Gasteiger partial charge is 0.619 e. The van der Waals surface area contributed by atoms with Gasteiger partial charge in [-0.2, -0.15) is 4.73 Å². The molecule has 3 heterocycles. The van der Waals surface area contributed by atoms with Crippen LogP contribution < -0.4 is 9.63 Å². The number of fused-ring (bicyclic) bond motifs is 1. The molecule has 0 saturated carbocycles. The van der Waals surface area contributed by atoms with Crippen LogP contribution in [0.25, 0.3) is 11.0 Å². The van der Waals surface area contributed by atoms with E-state index in [1.807, 2.05) is 0 Å². The molecule has 2 unspecified atom stereocenters. The Kier molecular flexibility index (Phi) is 3.54. The smallest absolute Gasteiger partial charge is 0.295 e. The lowest BCUT2D eigenvalue weighted by Crippen LogP contribution is -2.31. The Morgan fingerprint density at radius 3 is 2.65 bits per heavy atom. The molecule has 1 saturated heterocycles. The number of anilines is 1. The number of aromatic amines is 1. The molecule has 26 heavy (non-hydrogen) atoms. The zero-order chi connectivity index (χ0) is 18.4. The summed E-state index contributed by atoms with van der Waals surface area (Å²) in [5.74, 6) is -2.99. The van der Waals surface area contributed by atoms with Gasteiger partial charge in [-0.25, -0.2) is 4.98 Å². The Hall–Kier alpha value is -3.55. The number of hydrogen-bond acceptors (Lipinski definition) is 5. The van der Waals surface area contributed by atoms with Crippen molar-refractivity contribution in [3.63, 3.8) is 0 Å². The van der Waals surface area contributed by atoms with E-state index in [2.05, 4.69) is 9.97 Å². The highest BCUT2D eigenvalue weighted by molar-refractivity contribution is 6.48. The van der Waals surface area contributed by atoms with Gasteiger partial charge in [0.2, 0.25) is 5.78 Å². The van der Waals surface area contributed by atoms with Crippen LogP contribution >= 0.6 is 0 Å². The number of benzene rings is 1. The van der Waals surface area contributed by atoms with E-state index in [0.717, 1.165) is 5.52 Å². The van der Waals surface area contributed by atoms with E-state index in [9.17, 15) is 19.6 Å². The summed E-state index contributed by atoms with van der Waals surface area (Å²) in [6.45, 7) is 1.29. The van der Waals surface area contributed by atoms with Gasteiger partial charge in [0, 0.05) is 17.8 Å². The number of amides is 1. The lowest BCUT2D eigenvalue weighted by Gasteiger charge is -2.26. The van der Waals surface area contributed by atoms with Crippen molar-refractivity contribution < 1.29 is 19.1 Å². The molecule has 8 heteroatoms. The highest BCUT2D eigenvalue weighted by atomic mass is 16.5. The summed E-state index contributed by atoms with van der Waals surface area (Å²) >= 11 is 0. The molecule has 1 aromatic carbocycles. The van der Waals surface area contributed by atoms with Crippen molar-refractivity contribution in [2.24, 2.45) is 5.92 Å². The van der Waals surface area contributed by atoms with Crippen LogP contribution in [0.2, 0.25) is 0 Å². The fourth-order valence-corrected chi connectivity index (χ4v) is 3.39. The quantitative estimate of drug-likeness (QED) is 0.329. The van der Waals surface area contributed by atoms with Crippen LogP contribution in [0.4, 0.5) is 5.69 Å². The van der Waals surface area contributed by atoms with Gasteiger partial charge in [-0.05, 0) is 30.7 Å². The third-order valence-corrected chi connectivity index (χ3v) is 4.60. The summed E-state index contributed by atoms with van der Waals surface area (Å²) in [6, 6.07) is 7.35. The molecule has 2 aromatic heterocycles. The van der Waals surface area contributed by atoms with Crippen molar-refractivity contribution in [2.45, 2.75) is 13.0 Å². The Balaban J connectivity index is 1.88. The summed E-state index contributed by atoms with van der Waals surface area (Å²) < 4.78 is 0.603. The van der Waals surface area contributed by atoms with E-state index in [1.165, 1.54) is 42.7 Å². The summed E-state index contributed by atoms with van der Waals surface area (Å²) in [5, 5.41) is 11.3. The number of nitrogens with zero attached hydrogens (tertiary/aromatic N) is 3. The molecule has 2 atom stereocenters. The molecular formula is C18H14N4O4. The van der Waals surface area contributed by atoms with Crippen molar-refractivity contribution in [2.75, 3.05) is 4.90 Å². The molecule has 1 aliphatic rings. The van der Waals surface area contributed by atoms with Crippen LogP contribution in [-0.2, 0) is 14.4 Å². The molecule has 1 fully saturated rings. The van der Waals surface area contributed by atoms with Gasteiger partial charge in [0.25, 0.3) is 5.91 Å². The average molecular weight is 350 g/mol. The minimum atomic E-state index is -1.11. The second-order valence-corrected chi connectivity index (χ2v) is 6.17. The Morgan fingerprint density at radius 2 is 1.96 bits per heavy atom. The summed E-state index contributed by atoms with van der Waals surface area (Å²) in [4.78, 5) is 45.7. The van der Waals surface area contributed by atoms with E-state index in [-0.39, 0.29) is 0 Å². The molecule has 3 aromatic rings. The average Bonchev–Trinajstić information content (AvgIpc) is 3.18. The van der Waals surface area contributed by atoms with Crippen LogP contribution in [-0.4, -0.2) is 27.4 Å². The summed E-state index contributed by atoms with van der Waals surface area (Å²) in [5.41, 5.74) is 2.45. The van der Waals surface area contributed by atoms with Crippen molar-refractivity contribution in [3.05, 3.63) is 59.8 Å². The summed E-state index contributed by atoms with van der Waals surface area (Å²) in [7, 11) is 0. The maximum Gasteiger partial charge on any atom is 0.295 e. The first-order chi connectivity index (χ1) is 12.5. The fourth-order valence-electron chi connectivity index (χ4n) is 3.39. The summed E-state index contributed by atoms with van der Waals surface area (Å²) in [6.07, 6.45) is 4.08. The number of Topliss-reactive ketones (excluding diaryl/α,β-unsaturated/α-hetero) is 2. The van der Waals surface area contributed by atoms with Crippen LogP contribution in [0.5, 0.6) is 0 Å². The van der Waals surface area contributed by atoms with Gasteiger partial charge in [-0.1, -0.05) is 0 Å². The lowest BCUT2D eigenvalue weighted by molar-refractivity contribution is -0.605. The molecule has 0 aliphatic carbocycles. The SMILES string of the molecule is CC(=O)C1C(=O)C(=O)N(c2ccc3nc[nH]c3c2)C1c1cc[n+]([O-])cc1. The van der Waals surface area contributed by atoms with Gasteiger partial charge >= 0.3 is 0 Å². The van der Waals surface area contributed by atoms with Crippen LogP contribution in [0.15, 0.2) is 49.1 Å². The van der Waals surface area contributed by atoms with Crippen molar-refractivity contribution >= 4 is 34.2 Å². The Bertz CT molecular complexity index is 1040. The normalized spacial score (nSPS) is 20.1. The third-order valence-electron chi connectivity index (χ3n) is 4.60. The molecule has 0 spiro atoms. The van der Waals surface area contributed by atoms with Gasteiger partial charge in [-0.3, -0.25) is 19.3 Å². The van der Waals surface area contributed by atoms with E-state index >= 15 is 0 Å². The lowest BCUT2D eigenvalue weighted by atomic mass is 9.90. The maximum atomic E-state index is 12.7. The zero-order valence-electron chi connectivity index (χ0n) is 13.7. The molecule has 1 aliphatic heterocycles. The zero-order valence-corrected chi connectivity index (χ0v) is 13.7. The Morgan fingerprint density at radius 1 is 1.23 bits per heavy atom. The topological polar surface area (TPSA) is 110 Å². The fraction of sp³-hybridized carbons (Fsp3) is 0.167. The number of aromatic nitrogens is 3. The van der Waals surface area contributed by atoms with Gasteiger partial charge in [-0.15, -0.1) is 0 Å². The molecule has 0 radical (unpaired) electrons. The number of pyridine rings is 1. The maximum absolute atomic E-state index is 12.7. The van der Waals surface area contributed by atoms with Gasteiger partial charge < -0.3 is 10.2 Å². The van der Waals surface area contributed by atoms with E-state index in [4.69, 9.17) is 0 Å². The minimum Gasteiger partial charge on any atom is -0.619 e. The molecule has 4 rings (SSSR count). The number of carbonyl (C=O) groups excluding carboxylic acids is 3. The van der Waals surface area contributed by atoms with Crippen LogP contribution in [0.1, 0.15) is 18.5 Å². The highest BCUT2D eigenvalue weighted by Gasteiger charge is 2.51. The third kappa shape index (κ3) is 2.34. The minimum absolute atomic E-state index is 0.391. The van der Waals surface area contributed by atoms with Crippen molar-refractivity contribution in [3.8, 4) is 0 Å². The number of hydrogen-bond donors (Lipinski definition) is 1.